The van der Waals surface area contributed by atoms with Gasteiger partial charge < -0.3 is 14.2 Å². The lowest BCUT2D eigenvalue weighted by atomic mass is 10.0. The van der Waals surface area contributed by atoms with Gasteiger partial charge in [-0.2, -0.15) is 0 Å². The second-order valence-corrected chi connectivity index (χ2v) is 17.6. The van der Waals surface area contributed by atoms with Crippen molar-refractivity contribution in [3.05, 3.63) is 0 Å². The molecule has 1 atom stereocenters. The summed E-state index contributed by atoms with van der Waals surface area (Å²) in [4.78, 5) is 37.8. The summed E-state index contributed by atoms with van der Waals surface area (Å²) < 4.78 is 16.7. The lowest BCUT2D eigenvalue weighted by Crippen LogP contribution is -2.30. The highest BCUT2D eigenvalue weighted by Crippen LogP contribution is 2.17. The molecule has 0 heterocycles. The molecule has 0 aliphatic heterocycles. The molecule has 0 aliphatic rings. The van der Waals surface area contributed by atoms with Crippen LogP contribution in [0.15, 0.2) is 0 Å². The van der Waals surface area contributed by atoms with E-state index in [1.807, 2.05) is 0 Å². The van der Waals surface area contributed by atoms with Crippen molar-refractivity contribution >= 4 is 17.9 Å². The van der Waals surface area contributed by atoms with Gasteiger partial charge in [-0.05, 0) is 25.2 Å². The standard InChI is InChI=1S/C50H96O6/c1-5-7-9-11-13-15-16-17-18-19-20-21-26-29-33-37-41-48(51)54-44-47(56-50(53)43-39-35-31-24-14-12-10-8-6-2)45-55-49(52)42-38-34-30-27-23-22-25-28-32-36-40-46(3)4/h46-47H,5-45H2,1-4H3/t47-/m1/s1. The molecule has 56 heavy (non-hydrogen) atoms. The SMILES string of the molecule is CCCCCCCCCCCCCCCCCCC(=O)OC[C@H](COC(=O)CCCCCCCCCCCCC(C)C)OC(=O)CCCCCCCCCCC. The van der Waals surface area contributed by atoms with Crippen molar-refractivity contribution in [1.29, 1.82) is 0 Å². The third kappa shape index (κ3) is 43.5. The Labute approximate surface area is 348 Å². The Hall–Kier alpha value is -1.59. The molecule has 0 bridgehead atoms. The van der Waals surface area contributed by atoms with Gasteiger partial charge in [-0.15, -0.1) is 0 Å². The molecule has 0 rings (SSSR count). The fourth-order valence-electron chi connectivity index (χ4n) is 7.51. The number of ether oxygens (including phenoxy) is 3. The minimum absolute atomic E-state index is 0.0633. The zero-order valence-corrected chi connectivity index (χ0v) is 38.1. The summed E-state index contributed by atoms with van der Waals surface area (Å²) in [6, 6.07) is 0. The maximum Gasteiger partial charge on any atom is 0.306 e. The topological polar surface area (TPSA) is 78.9 Å². The van der Waals surface area contributed by atoms with Crippen LogP contribution in [0, 0.1) is 5.92 Å². The summed E-state index contributed by atoms with van der Waals surface area (Å²) in [5.74, 6) is -0.0320. The summed E-state index contributed by atoms with van der Waals surface area (Å²) >= 11 is 0. The van der Waals surface area contributed by atoms with Gasteiger partial charge in [0.1, 0.15) is 13.2 Å². The molecule has 0 aromatic heterocycles. The largest absolute Gasteiger partial charge is 0.462 e. The molecule has 0 aromatic carbocycles. The molecule has 332 valence electrons. The van der Waals surface area contributed by atoms with Gasteiger partial charge in [0.15, 0.2) is 6.10 Å². The minimum Gasteiger partial charge on any atom is -0.462 e. The molecule has 0 spiro atoms. The molecule has 6 nitrogen and oxygen atoms in total. The first-order valence-corrected chi connectivity index (χ1v) is 24.9. The fraction of sp³-hybridized carbons (Fsp3) is 0.940. The second kappa shape index (κ2) is 44.5. The van der Waals surface area contributed by atoms with Crippen LogP contribution in [-0.4, -0.2) is 37.2 Å². The van der Waals surface area contributed by atoms with Gasteiger partial charge in [0, 0.05) is 19.3 Å². The molecule has 0 amide bonds. The van der Waals surface area contributed by atoms with E-state index >= 15 is 0 Å². The normalized spacial score (nSPS) is 11.9. The number of unbranched alkanes of at least 4 members (excludes halogenated alkanes) is 32. The number of esters is 3. The van der Waals surface area contributed by atoms with Crippen LogP contribution in [0.4, 0.5) is 0 Å². The van der Waals surface area contributed by atoms with E-state index in [0.717, 1.165) is 63.7 Å². The number of hydrogen-bond acceptors (Lipinski definition) is 6. The molecule has 0 radical (unpaired) electrons. The Morgan fingerprint density at radius 2 is 0.589 bits per heavy atom. The van der Waals surface area contributed by atoms with E-state index in [9.17, 15) is 14.4 Å². The maximum absolute atomic E-state index is 12.7. The summed E-state index contributed by atoms with van der Waals surface area (Å²) in [5, 5.41) is 0. The number of carbonyl (C=O) groups is 3. The molecule has 0 unspecified atom stereocenters. The van der Waals surface area contributed by atoms with Gasteiger partial charge in [-0.3, -0.25) is 14.4 Å². The van der Waals surface area contributed by atoms with Gasteiger partial charge in [-0.1, -0.05) is 240 Å². The third-order valence-corrected chi connectivity index (χ3v) is 11.3. The Balaban J connectivity index is 4.25. The lowest BCUT2D eigenvalue weighted by Gasteiger charge is -2.18. The zero-order chi connectivity index (χ0) is 41.0. The molecule has 0 aromatic rings. The molecule has 0 saturated carbocycles. The van der Waals surface area contributed by atoms with Crippen molar-refractivity contribution in [1.82, 2.24) is 0 Å². The zero-order valence-electron chi connectivity index (χ0n) is 38.1. The summed E-state index contributed by atoms with van der Waals surface area (Å²) in [5.41, 5.74) is 0. The number of rotatable bonds is 45. The predicted octanol–water partition coefficient (Wildman–Crippen LogP) is 15.9. The predicted molar refractivity (Wildman–Crippen MR) is 238 cm³/mol. The first kappa shape index (κ1) is 54.4. The van der Waals surface area contributed by atoms with E-state index in [1.165, 1.54) is 173 Å². The Kier molecular flexibility index (Phi) is 43.2. The van der Waals surface area contributed by atoms with Crippen LogP contribution in [0.1, 0.15) is 278 Å². The minimum atomic E-state index is -0.759. The van der Waals surface area contributed by atoms with Crippen LogP contribution >= 0.6 is 0 Å². The smallest absolute Gasteiger partial charge is 0.306 e. The number of carbonyl (C=O) groups excluding carboxylic acids is 3. The molecule has 0 N–H and O–H groups in total. The van der Waals surface area contributed by atoms with Crippen LogP contribution in [0.5, 0.6) is 0 Å². The highest BCUT2D eigenvalue weighted by atomic mass is 16.6. The quantitative estimate of drug-likeness (QED) is 0.0347. The van der Waals surface area contributed by atoms with E-state index < -0.39 is 6.10 Å². The highest BCUT2D eigenvalue weighted by molar-refractivity contribution is 5.71. The van der Waals surface area contributed by atoms with Crippen molar-refractivity contribution in [2.45, 2.75) is 284 Å². The van der Waals surface area contributed by atoms with Crippen molar-refractivity contribution in [3.8, 4) is 0 Å². The maximum atomic E-state index is 12.7. The summed E-state index contributed by atoms with van der Waals surface area (Å²) in [7, 11) is 0. The van der Waals surface area contributed by atoms with Gasteiger partial charge in [0.2, 0.25) is 0 Å². The van der Waals surface area contributed by atoms with Crippen LogP contribution in [0.2, 0.25) is 0 Å². The average Bonchev–Trinajstić information content (AvgIpc) is 3.18. The highest BCUT2D eigenvalue weighted by Gasteiger charge is 2.19. The van der Waals surface area contributed by atoms with E-state index in [2.05, 4.69) is 27.7 Å². The molecular formula is C50H96O6. The lowest BCUT2D eigenvalue weighted by molar-refractivity contribution is -0.167. The van der Waals surface area contributed by atoms with Crippen molar-refractivity contribution in [3.63, 3.8) is 0 Å². The Morgan fingerprint density at radius 3 is 0.875 bits per heavy atom. The van der Waals surface area contributed by atoms with Gasteiger partial charge >= 0.3 is 17.9 Å². The summed E-state index contributed by atoms with van der Waals surface area (Å²) in [6.45, 7) is 8.99. The van der Waals surface area contributed by atoms with Crippen molar-refractivity contribution < 1.29 is 28.6 Å². The van der Waals surface area contributed by atoms with E-state index in [-0.39, 0.29) is 31.1 Å². The Bertz CT molecular complexity index is 841. The molecular weight excluding hydrogens is 697 g/mol. The summed E-state index contributed by atoms with van der Waals surface area (Å²) in [6.07, 6.45) is 45.2. The van der Waals surface area contributed by atoms with E-state index in [1.54, 1.807) is 0 Å². The molecule has 6 heteroatoms. The first-order chi connectivity index (χ1) is 27.4. The molecule has 0 fully saturated rings. The van der Waals surface area contributed by atoms with Crippen LogP contribution in [0.3, 0.4) is 0 Å². The van der Waals surface area contributed by atoms with Gasteiger partial charge in [-0.25, -0.2) is 0 Å². The average molecular weight is 793 g/mol. The van der Waals surface area contributed by atoms with E-state index in [0.29, 0.717) is 19.3 Å². The fourth-order valence-corrected chi connectivity index (χ4v) is 7.51. The van der Waals surface area contributed by atoms with Gasteiger partial charge in [0.25, 0.3) is 0 Å². The first-order valence-electron chi connectivity index (χ1n) is 24.9. The van der Waals surface area contributed by atoms with E-state index in [4.69, 9.17) is 14.2 Å². The van der Waals surface area contributed by atoms with Crippen LogP contribution in [-0.2, 0) is 28.6 Å². The molecule has 0 saturated heterocycles. The molecule has 0 aliphatic carbocycles. The monoisotopic (exact) mass is 793 g/mol. The van der Waals surface area contributed by atoms with Crippen molar-refractivity contribution in [2.75, 3.05) is 13.2 Å². The van der Waals surface area contributed by atoms with Crippen LogP contribution < -0.4 is 0 Å². The number of hydrogen-bond donors (Lipinski definition) is 0. The Morgan fingerprint density at radius 1 is 0.339 bits per heavy atom. The third-order valence-electron chi connectivity index (χ3n) is 11.3. The van der Waals surface area contributed by atoms with Crippen LogP contribution in [0.25, 0.3) is 0 Å². The van der Waals surface area contributed by atoms with Crippen molar-refractivity contribution in [2.24, 2.45) is 5.92 Å². The second-order valence-electron chi connectivity index (χ2n) is 17.6. The van der Waals surface area contributed by atoms with Gasteiger partial charge in [0.05, 0.1) is 0 Å².